The molecule has 0 heterocycles. The molecule has 0 rings (SSSR count). The molecule has 12 heteroatoms. The predicted molar refractivity (Wildman–Crippen MR) is 37.5 cm³/mol. The minimum absolute atomic E-state index is 1.17. The average Bonchev–Trinajstić information content (AvgIpc) is 1.56. The highest BCUT2D eigenvalue weighted by Gasteiger charge is 2.00. The Morgan fingerprint density at radius 2 is 1.17 bits per heavy atom. The van der Waals surface area contributed by atoms with Crippen molar-refractivity contribution in [3.63, 3.8) is 0 Å². The van der Waals surface area contributed by atoms with Gasteiger partial charge < -0.3 is 14.7 Å². The molecule has 6 N–H and O–H groups in total. The summed E-state index contributed by atoms with van der Waals surface area (Å²) in [5.74, 6) is 0. The molecule has 0 bridgehead atoms. The van der Waals surface area contributed by atoms with Gasteiger partial charge in [-0.25, -0.2) is 4.57 Å². The minimum Gasteiger partial charge on any atom is -0.303 e. The molecule has 0 saturated carbocycles. The van der Waals surface area contributed by atoms with Crippen molar-refractivity contribution in [2.24, 2.45) is 0 Å². The largest absolute Gasteiger partial charge is 0.692 e. The summed E-state index contributed by atoms with van der Waals surface area (Å²) >= 11 is 0. The van der Waals surface area contributed by atoms with Crippen LogP contribution in [0.4, 0.5) is 0 Å². The lowest BCUT2D eigenvalue weighted by Crippen LogP contribution is -1.66. The normalized spacial score (nSPS) is 8.83. The number of phosphoric acid groups is 1. The smallest absolute Gasteiger partial charge is 0.303 e. The van der Waals surface area contributed by atoms with E-state index >= 15 is 0 Å². The molecular formula is H7O9P3+2. The van der Waals surface area contributed by atoms with Gasteiger partial charge in [0.05, 0.1) is 0 Å². The summed E-state index contributed by atoms with van der Waals surface area (Å²) < 4.78 is 26.1. The summed E-state index contributed by atoms with van der Waals surface area (Å²) in [5, 5.41) is 0. The topological polar surface area (TPSA) is 173 Å². The maximum absolute atomic E-state index is 8.88. The summed E-state index contributed by atoms with van der Waals surface area (Å²) in [4.78, 5) is 42.8. The van der Waals surface area contributed by atoms with Gasteiger partial charge in [0.1, 0.15) is 0 Å². The van der Waals surface area contributed by atoms with Gasteiger partial charge in [0.25, 0.3) is 0 Å². The summed E-state index contributed by atoms with van der Waals surface area (Å²) in [6.07, 6.45) is 0. The third kappa shape index (κ3) is 23800. The van der Waals surface area contributed by atoms with Crippen LogP contribution in [-0.2, 0) is 13.7 Å². The summed E-state index contributed by atoms with van der Waals surface area (Å²) in [5.41, 5.74) is 0. The van der Waals surface area contributed by atoms with Crippen LogP contribution in [0, 0.1) is 0 Å². The first kappa shape index (κ1) is 18.1. The molecule has 0 saturated heterocycles. The molecule has 74 valence electrons. The molecule has 0 radical (unpaired) electrons. The minimum atomic E-state index is -4.64. The van der Waals surface area contributed by atoms with Gasteiger partial charge in [0.2, 0.25) is 0 Å². The standard InChI is InChI=1S/H3O4P.HO3P.HO2P/c1-5(2,3)4;1-4(2)3;1-3-2/h(H3,1,2,3,4);(H-,1,2,3);3H/p+2. The SMILES string of the molecule is O=P(O)(O)O.O=[P+](O)O.O=[PH+]O. The van der Waals surface area contributed by atoms with Crippen LogP contribution in [-0.4, -0.2) is 29.4 Å². The molecule has 9 nitrogen and oxygen atoms in total. The van der Waals surface area contributed by atoms with E-state index < -0.39 is 24.8 Å². The van der Waals surface area contributed by atoms with Crippen molar-refractivity contribution in [2.45, 2.75) is 0 Å². The Bertz CT molecular complexity index is 141. The number of hydrogen-bond acceptors (Lipinski definition) is 3. The van der Waals surface area contributed by atoms with E-state index in [1.165, 1.54) is 0 Å². The van der Waals surface area contributed by atoms with Crippen molar-refractivity contribution >= 4 is 24.8 Å². The summed E-state index contributed by atoms with van der Waals surface area (Å²) in [6.45, 7) is 0. The van der Waals surface area contributed by atoms with Crippen molar-refractivity contribution in [1.29, 1.82) is 0 Å². The molecule has 12 heavy (non-hydrogen) atoms. The Balaban J connectivity index is -0.000000105. The monoisotopic (exact) mass is 244 g/mol. The first-order valence-electron chi connectivity index (χ1n) is 1.79. The lowest BCUT2D eigenvalue weighted by atomic mass is 15.8. The van der Waals surface area contributed by atoms with E-state index in [2.05, 4.69) is 0 Å². The Hall–Kier alpha value is 0.190. The van der Waals surface area contributed by atoms with Gasteiger partial charge >= 0.3 is 24.8 Å². The second-order valence-electron chi connectivity index (χ2n) is 0.857. The van der Waals surface area contributed by atoms with Gasteiger partial charge in [-0.2, -0.15) is 4.89 Å². The van der Waals surface area contributed by atoms with Crippen LogP contribution in [0.1, 0.15) is 0 Å². The second-order valence-corrected chi connectivity index (χ2v) is 2.57. The average molecular weight is 244 g/mol. The van der Waals surface area contributed by atoms with Crippen LogP contribution in [0.5, 0.6) is 0 Å². The van der Waals surface area contributed by atoms with Gasteiger partial charge in [-0.1, -0.05) is 0 Å². The van der Waals surface area contributed by atoms with E-state index in [0.29, 0.717) is 0 Å². The third-order valence-electron chi connectivity index (χ3n) is 0. The first-order chi connectivity index (χ1) is 5.15. The van der Waals surface area contributed by atoms with Crippen molar-refractivity contribution in [1.82, 2.24) is 0 Å². The van der Waals surface area contributed by atoms with Crippen LogP contribution in [0.15, 0.2) is 0 Å². The van der Waals surface area contributed by atoms with E-state index in [0.717, 1.165) is 0 Å². The van der Waals surface area contributed by atoms with Crippen LogP contribution < -0.4 is 0 Å². The van der Waals surface area contributed by atoms with Gasteiger partial charge in [-0.15, -0.1) is 9.79 Å². The zero-order valence-electron chi connectivity index (χ0n) is 5.30. The van der Waals surface area contributed by atoms with Crippen molar-refractivity contribution < 1.29 is 43.1 Å². The molecule has 0 fully saturated rings. The third-order valence-corrected chi connectivity index (χ3v) is 0. The van der Waals surface area contributed by atoms with E-state index in [4.69, 9.17) is 43.1 Å². The number of hydrogen-bond donors (Lipinski definition) is 6. The second kappa shape index (κ2) is 11.2. The number of rotatable bonds is 0. The summed E-state index contributed by atoms with van der Waals surface area (Å²) in [6, 6.07) is 0. The highest BCUT2D eigenvalue weighted by atomic mass is 31.2. The van der Waals surface area contributed by atoms with Gasteiger partial charge in [0, 0.05) is 4.57 Å². The molecule has 1 atom stereocenters. The van der Waals surface area contributed by atoms with Crippen LogP contribution >= 0.6 is 24.8 Å². The van der Waals surface area contributed by atoms with E-state index in [1.54, 1.807) is 0 Å². The van der Waals surface area contributed by atoms with Gasteiger partial charge in [0.15, 0.2) is 0 Å². The molecule has 0 aliphatic carbocycles. The van der Waals surface area contributed by atoms with Crippen LogP contribution in [0.3, 0.4) is 0 Å². The molecule has 0 aromatic carbocycles. The van der Waals surface area contributed by atoms with Gasteiger partial charge in [-0.3, -0.25) is 0 Å². The lowest BCUT2D eigenvalue weighted by molar-refractivity contribution is 0.275. The zero-order chi connectivity index (χ0) is 10.8. The molecule has 0 aromatic rings. The molecule has 0 aliphatic heterocycles. The highest BCUT2D eigenvalue weighted by molar-refractivity contribution is 7.45. The Labute approximate surface area is 68.8 Å². The van der Waals surface area contributed by atoms with E-state index in [-0.39, 0.29) is 0 Å². The quantitative estimate of drug-likeness (QED) is 0.280. The van der Waals surface area contributed by atoms with Gasteiger partial charge in [-0.05, 0) is 4.57 Å². The van der Waals surface area contributed by atoms with E-state index in [1.807, 2.05) is 0 Å². The molecule has 1 unspecified atom stereocenters. The zero-order valence-corrected chi connectivity index (χ0v) is 8.09. The van der Waals surface area contributed by atoms with Crippen LogP contribution in [0.25, 0.3) is 0 Å². The Kier molecular flexibility index (Phi) is 16.9. The highest BCUT2D eigenvalue weighted by Crippen LogP contribution is 2.25. The van der Waals surface area contributed by atoms with Crippen molar-refractivity contribution in [3.05, 3.63) is 0 Å². The molecular weight excluding hydrogens is 237 g/mol. The Morgan fingerprint density at radius 3 is 1.17 bits per heavy atom. The molecule has 0 spiro atoms. The van der Waals surface area contributed by atoms with Crippen molar-refractivity contribution in [2.75, 3.05) is 0 Å². The molecule has 0 aromatic heterocycles. The Morgan fingerprint density at radius 1 is 1.17 bits per heavy atom. The van der Waals surface area contributed by atoms with Crippen molar-refractivity contribution in [3.8, 4) is 0 Å². The van der Waals surface area contributed by atoms with E-state index in [9.17, 15) is 0 Å². The van der Waals surface area contributed by atoms with Crippen LogP contribution in [0.2, 0.25) is 0 Å². The molecule has 0 aliphatic rings. The summed E-state index contributed by atoms with van der Waals surface area (Å²) in [7, 11) is -8.68. The fourth-order valence-corrected chi connectivity index (χ4v) is 0. The first-order valence-corrected chi connectivity index (χ1v) is 5.38. The maximum atomic E-state index is 8.88. The predicted octanol–water partition coefficient (Wildman–Crippen LogP) is -1.38. The fraction of sp³-hybridized carbons (Fsp3) is 0. The molecule has 0 amide bonds. The fourth-order valence-electron chi connectivity index (χ4n) is 0. The maximum Gasteiger partial charge on any atom is 0.692 e. The lowest BCUT2D eigenvalue weighted by Gasteiger charge is -1.82.